The lowest BCUT2D eigenvalue weighted by molar-refractivity contribution is -0.155. The molecule has 0 saturated carbocycles. The van der Waals surface area contributed by atoms with Crippen LogP contribution in [-0.2, 0) is 19.1 Å². The second-order valence-electron chi connectivity index (χ2n) is 7.19. The lowest BCUT2D eigenvalue weighted by Crippen LogP contribution is -2.30. The van der Waals surface area contributed by atoms with Crippen LogP contribution < -0.4 is 10.3 Å². The van der Waals surface area contributed by atoms with Crippen molar-refractivity contribution in [3.05, 3.63) is 64.8 Å². The maximum atomic E-state index is 12.4. The first-order chi connectivity index (χ1) is 14.5. The summed E-state index contributed by atoms with van der Waals surface area (Å²) < 4.78 is 15.7. The van der Waals surface area contributed by atoms with Crippen LogP contribution in [0.25, 0.3) is 22.3 Å². The second kappa shape index (κ2) is 8.02. The average molecular weight is 407 g/mol. The molecule has 3 aromatic rings. The maximum Gasteiger partial charge on any atom is 0.311 e. The zero-order valence-corrected chi connectivity index (χ0v) is 16.7. The van der Waals surface area contributed by atoms with Crippen molar-refractivity contribution in [1.29, 1.82) is 0 Å². The van der Waals surface area contributed by atoms with E-state index in [0.717, 1.165) is 11.3 Å². The minimum Gasteiger partial charge on any atom is -0.469 e. The highest BCUT2D eigenvalue weighted by molar-refractivity contribution is 5.85. The Kier molecular flexibility index (Phi) is 5.27. The van der Waals surface area contributed by atoms with Crippen molar-refractivity contribution in [2.45, 2.75) is 0 Å². The van der Waals surface area contributed by atoms with Gasteiger partial charge in [0, 0.05) is 30.4 Å². The molecule has 30 heavy (non-hydrogen) atoms. The third kappa shape index (κ3) is 3.54. The molecule has 0 spiro atoms. The van der Waals surface area contributed by atoms with E-state index in [9.17, 15) is 14.4 Å². The third-order valence-electron chi connectivity index (χ3n) is 5.46. The molecule has 2 aromatic carbocycles. The average Bonchev–Trinajstić information content (AvgIpc) is 3.23. The second-order valence-corrected chi connectivity index (χ2v) is 7.19. The molecular formula is C23H21NO6. The van der Waals surface area contributed by atoms with Gasteiger partial charge < -0.3 is 18.8 Å². The van der Waals surface area contributed by atoms with E-state index in [4.69, 9.17) is 13.9 Å². The summed E-state index contributed by atoms with van der Waals surface area (Å²) >= 11 is 0. The molecular weight excluding hydrogens is 386 g/mol. The van der Waals surface area contributed by atoms with Gasteiger partial charge >= 0.3 is 11.9 Å². The Labute approximate surface area is 172 Å². The Bertz CT molecular complexity index is 1140. The van der Waals surface area contributed by atoms with Crippen molar-refractivity contribution in [3.8, 4) is 11.3 Å². The van der Waals surface area contributed by atoms with E-state index in [1.165, 1.54) is 20.3 Å². The first-order valence-corrected chi connectivity index (χ1v) is 9.55. The Hall–Kier alpha value is -3.61. The van der Waals surface area contributed by atoms with Crippen molar-refractivity contribution in [1.82, 2.24) is 0 Å². The molecule has 4 rings (SSSR count). The van der Waals surface area contributed by atoms with Gasteiger partial charge in [-0.25, -0.2) is 0 Å². The minimum atomic E-state index is -0.607. The molecule has 1 fully saturated rings. The normalized spacial score (nSPS) is 18.4. The number of rotatable bonds is 4. The molecule has 0 N–H and O–H groups in total. The summed E-state index contributed by atoms with van der Waals surface area (Å²) in [7, 11) is 2.61. The molecule has 0 unspecified atom stereocenters. The van der Waals surface area contributed by atoms with Crippen LogP contribution in [0.4, 0.5) is 5.69 Å². The van der Waals surface area contributed by atoms with E-state index < -0.39 is 23.8 Å². The number of nitrogens with zero attached hydrogens (tertiary/aromatic N) is 1. The van der Waals surface area contributed by atoms with Gasteiger partial charge in [-0.05, 0) is 24.3 Å². The summed E-state index contributed by atoms with van der Waals surface area (Å²) in [6, 6.07) is 16.0. The molecule has 0 bridgehead atoms. The third-order valence-corrected chi connectivity index (χ3v) is 5.46. The first kappa shape index (κ1) is 19.7. The van der Waals surface area contributed by atoms with E-state index in [2.05, 4.69) is 0 Å². The van der Waals surface area contributed by atoms with E-state index >= 15 is 0 Å². The number of carbonyl (C=O) groups is 2. The molecule has 7 nitrogen and oxygen atoms in total. The fourth-order valence-corrected chi connectivity index (χ4v) is 3.90. The first-order valence-electron chi connectivity index (χ1n) is 9.55. The minimum absolute atomic E-state index is 0.116. The molecule has 7 heteroatoms. The molecule has 1 saturated heterocycles. The van der Waals surface area contributed by atoms with Crippen molar-refractivity contribution in [2.75, 3.05) is 32.2 Å². The Balaban J connectivity index is 1.68. The smallest absolute Gasteiger partial charge is 0.311 e. The summed E-state index contributed by atoms with van der Waals surface area (Å²) in [5, 5.41) is 0.527. The van der Waals surface area contributed by atoms with E-state index in [1.54, 1.807) is 18.2 Å². The summed E-state index contributed by atoms with van der Waals surface area (Å²) in [6.45, 7) is 0.662. The number of hydrogen-bond acceptors (Lipinski definition) is 7. The maximum absolute atomic E-state index is 12.4. The van der Waals surface area contributed by atoms with Crippen molar-refractivity contribution in [3.63, 3.8) is 0 Å². The monoisotopic (exact) mass is 407 g/mol. The van der Waals surface area contributed by atoms with Gasteiger partial charge in [-0.2, -0.15) is 0 Å². The largest absolute Gasteiger partial charge is 0.469 e. The van der Waals surface area contributed by atoms with Crippen LogP contribution in [0, 0.1) is 11.8 Å². The summed E-state index contributed by atoms with van der Waals surface area (Å²) in [5.41, 5.74) is 1.94. The van der Waals surface area contributed by atoms with Gasteiger partial charge in [0.25, 0.3) is 0 Å². The van der Waals surface area contributed by atoms with Crippen LogP contribution in [0.2, 0.25) is 0 Å². The van der Waals surface area contributed by atoms with Crippen molar-refractivity contribution < 1.29 is 23.5 Å². The van der Waals surface area contributed by atoms with E-state index in [1.807, 2.05) is 35.2 Å². The van der Waals surface area contributed by atoms with Crippen molar-refractivity contribution >= 4 is 28.6 Å². The molecule has 154 valence electrons. The zero-order chi connectivity index (χ0) is 21.3. The van der Waals surface area contributed by atoms with Gasteiger partial charge in [0.2, 0.25) is 0 Å². The number of fused-ring (bicyclic) bond motifs is 1. The predicted molar refractivity (Wildman–Crippen MR) is 111 cm³/mol. The molecule has 2 atom stereocenters. The molecule has 1 aliphatic heterocycles. The fourth-order valence-electron chi connectivity index (χ4n) is 3.90. The fraction of sp³-hybridized carbons (Fsp3) is 0.261. The molecule has 0 radical (unpaired) electrons. The lowest BCUT2D eigenvalue weighted by Gasteiger charge is -2.19. The van der Waals surface area contributed by atoms with Gasteiger partial charge in [-0.3, -0.25) is 14.4 Å². The van der Waals surface area contributed by atoms with Crippen LogP contribution >= 0.6 is 0 Å². The van der Waals surface area contributed by atoms with Crippen LogP contribution in [-0.4, -0.2) is 39.2 Å². The number of esters is 2. The Morgan fingerprint density at radius 3 is 2.27 bits per heavy atom. The van der Waals surface area contributed by atoms with Crippen LogP contribution in [0.3, 0.4) is 0 Å². The topological polar surface area (TPSA) is 86.0 Å². The molecule has 0 amide bonds. The van der Waals surface area contributed by atoms with E-state index in [-0.39, 0.29) is 5.43 Å². The predicted octanol–water partition coefficient (Wildman–Crippen LogP) is 2.86. The summed E-state index contributed by atoms with van der Waals surface area (Å²) in [4.78, 5) is 38.7. The number of ether oxygens (including phenoxy) is 2. The highest BCUT2D eigenvalue weighted by Gasteiger charge is 2.43. The Morgan fingerprint density at radius 1 is 0.933 bits per heavy atom. The standard InChI is InChI=1S/C23H21NO6/c1-28-22(26)17-12-24(13-18(17)23(27)29-2)15-7-5-6-14(10-15)21-11-19(25)16-8-3-4-9-20(16)30-21/h3-11,17-18H,12-13H2,1-2H3/t17-,18+. The van der Waals surface area contributed by atoms with Crippen LogP contribution in [0.15, 0.2) is 63.8 Å². The number of methoxy groups -OCH3 is 2. The molecule has 2 heterocycles. The number of para-hydroxylation sites is 1. The molecule has 0 aliphatic carbocycles. The van der Waals surface area contributed by atoms with Gasteiger partial charge in [-0.15, -0.1) is 0 Å². The van der Waals surface area contributed by atoms with Gasteiger partial charge in [-0.1, -0.05) is 24.3 Å². The molecule has 1 aliphatic rings. The van der Waals surface area contributed by atoms with Gasteiger partial charge in [0.15, 0.2) is 5.43 Å². The Morgan fingerprint density at radius 2 is 1.60 bits per heavy atom. The quantitative estimate of drug-likeness (QED) is 0.615. The lowest BCUT2D eigenvalue weighted by atomic mass is 9.96. The zero-order valence-electron chi connectivity index (χ0n) is 16.7. The number of benzene rings is 2. The molecule has 1 aromatic heterocycles. The summed E-state index contributed by atoms with van der Waals surface area (Å²) in [6.07, 6.45) is 0. The number of anilines is 1. The van der Waals surface area contributed by atoms with Crippen LogP contribution in [0.1, 0.15) is 0 Å². The number of carbonyl (C=O) groups excluding carboxylic acids is 2. The highest BCUT2D eigenvalue weighted by atomic mass is 16.5. The SMILES string of the molecule is COC(=O)[C@H]1CN(c2cccc(-c3cc(=O)c4ccccc4o3)c2)C[C@H]1C(=O)OC. The van der Waals surface area contributed by atoms with Crippen molar-refractivity contribution in [2.24, 2.45) is 11.8 Å². The van der Waals surface area contributed by atoms with Gasteiger partial charge in [0.1, 0.15) is 11.3 Å². The summed E-state index contributed by atoms with van der Waals surface area (Å²) in [5.74, 6) is -1.64. The highest BCUT2D eigenvalue weighted by Crippen LogP contribution is 2.32. The van der Waals surface area contributed by atoms with Gasteiger partial charge in [0.05, 0.1) is 31.4 Å². The number of hydrogen-bond donors (Lipinski definition) is 0. The van der Waals surface area contributed by atoms with Crippen LogP contribution in [0.5, 0.6) is 0 Å². The van der Waals surface area contributed by atoms with E-state index in [0.29, 0.717) is 29.8 Å².